The Kier molecular flexibility index (Phi) is 6.56. The highest BCUT2D eigenvalue weighted by atomic mass is 32.2. The van der Waals surface area contributed by atoms with E-state index < -0.39 is 9.84 Å². The second-order valence-electron chi connectivity index (χ2n) is 6.96. The van der Waals surface area contributed by atoms with Crippen LogP contribution in [-0.4, -0.2) is 22.1 Å². The summed E-state index contributed by atoms with van der Waals surface area (Å²) in [5, 5.41) is 0. The number of nitrogens with two attached hydrogens (primary N) is 2. The molecule has 0 unspecified atom stereocenters. The van der Waals surface area contributed by atoms with Gasteiger partial charge in [0.25, 0.3) is 0 Å². The maximum atomic E-state index is 13.2. The van der Waals surface area contributed by atoms with Crippen LogP contribution in [0.25, 0.3) is 11.1 Å². The van der Waals surface area contributed by atoms with Crippen LogP contribution in [0.1, 0.15) is 17.5 Å². The lowest BCUT2D eigenvalue weighted by atomic mass is 10.1. The molecule has 6 heteroatoms. The lowest BCUT2D eigenvalue weighted by Gasteiger charge is -2.13. The molecular formula is C23H26N2O3S. The smallest absolute Gasteiger partial charge is 0.186 e. The van der Waals surface area contributed by atoms with Crippen LogP contribution < -0.4 is 16.2 Å². The van der Waals surface area contributed by atoms with E-state index >= 15 is 0 Å². The van der Waals surface area contributed by atoms with Crippen LogP contribution in [0.2, 0.25) is 0 Å². The third-order valence-corrected chi connectivity index (χ3v) is 6.44. The minimum Gasteiger partial charge on any atom is -0.495 e. The molecule has 0 bridgehead atoms. The lowest BCUT2D eigenvalue weighted by molar-refractivity contribution is 0.403. The van der Waals surface area contributed by atoms with Gasteiger partial charge in [-0.05, 0) is 65.9 Å². The first-order valence-corrected chi connectivity index (χ1v) is 11.1. The molecule has 0 amide bonds. The van der Waals surface area contributed by atoms with Gasteiger partial charge in [0.15, 0.2) is 9.84 Å². The number of hydrogen-bond donors (Lipinski definition) is 2. The Morgan fingerprint density at radius 2 is 1.62 bits per heavy atom. The van der Waals surface area contributed by atoms with Crippen LogP contribution in [-0.2, 0) is 22.0 Å². The van der Waals surface area contributed by atoms with E-state index in [0.717, 1.165) is 35.1 Å². The van der Waals surface area contributed by atoms with Crippen molar-refractivity contribution in [2.45, 2.75) is 23.5 Å². The largest absolute Gasteiger partial charge is 0.495 e. The van der Waals surface area contributed by atoms with Gasteiger partial charge in [0.1, 0.15) is 10.6 Å². The quantitative estimate of drug-likeness (QED) is 0.551. The van der Waals surface area contributed by atoms with Crippen LogP contribution in [0.4, 0.5) is 5.69 Å². The number of aryl methyl sites for hydroxylation is 1. The van der Waals surface area contributed by atoms with Crippen molar-refractivity contribution in [2.75, 3.05) is 19.4 Å². The summed E-state index contributed by atoms with van der Waals surface area (Å²) in [5.41, 5.74) is 15.5. The fourth-order valence-corrected chi connectivity index (χ4v) is 4.83. The van der Waals surface area contributed by atoms with Crippen LogP contribution in [0.15, 0.2) is 71.6 Å². The maximum Gasteiger partial charge on any atom is 0.186 e. The minimum atomic E-state index is -3.61. The number of ether oxygens (including phenoxy) is 1. The van der Waals surface area contributed by atoms with E-state index in [1.165, 1.54) is 7.11 Å². The van der Waals surface area contributed by atoms with Gasteiger partial charge in [-0.1, -0.05) is 42.5 Å². The molecule has 0 heterocycles. The van der Waals surface area contributed by atoms with Crippen molar-refractivity contribution in [3.8, 4) is 16.9 Å². The van der Waals surface area contributed by atoms with Crippen molar-refractivity contribution in [1.29, 1.82) is 0 Å². The maximum absolute atomic E-state index is 13.2. The van der Waals surface area contributed by atoms with Gasteiger partial charge in [0.2, 0.25) is 0 Å². The molecule has 5 nitrogen and oxygen atoms in total. The van der Waals surface area contributed by atoms with E-state index in [-0.39, 0.29) is 10.6 Å². The zero-order valence-corrected chi connectivity index (χ0v) is 17.3. The van der Waals surface area contributed by atoms with Crippen molar-refractivity contribution in [1.82, 2.24) is 0 Å². The minimum absolute atomic E-state index is 0.0970. The molecule has 3 aromatic rings. The summed E-state index contributed by atoms with van der Waals surface area (Å²) in [6, 6.07) is 20.2. The summed E-state index contributed by atoms with van der Waals surface area (Å²) in [6.45, 7) is 0.608. The van der Waals surface area contributed by atoms with Crippen LogP contribution in [0.5, 0.6) is 5.75 Å². The summed E-state index contributed by atoms with van der Waals surface area (Å²) >= 11 is 0. The molecule has 4 N–H and O–H groups in total. The van der Waals surface area contributed by atoms with E-state index in [2.05, 4.69) is 0 Å². The summed E-state index contributed by atoms with van der Waals surface area (Å²) in [4.78, 5) is 0.173. The Morgan fingerprint density at radius 1 is 0.897 bits per heavy atom. The van der Waals surface area contributed by atoms with E-state index in [1.807, 2.05) is 48.5 Å². The van der Waals surface area contributed by atoms with Crippen LogP contribution >= 0.6 is 0 Å². The SMILES string of the molecule is COc1ccc(-c2cccc(N)c2)cc1S(=O)(=O)Cc1cccc(CCCN)c1. The Hall–Kier alpha value is -2.83. The van der Waals surface area contributed by atoms with Gasteiger partial charge < -0.3 is 16.2 Å². The van der Waals surface area contributed by atoms with Crippen molar-refractivity contribution in [2.24, 2.45) is 5.73 Å². The fraction of sp³-hybridized carbons (Fsp3) is 0.217. The zero-order valence-electron chi connectivity index (χ0n) is 16.5. The number of hydrogen-bond acceptors (Lipinski definition) is 5. The van der Waals surface area contributed by atoms with Gasteiger partial charge >= 0.3 is 0 Å². The third kappa shape index (κ3) is 5.16. The van der Waals surface area contributed by atoms with Gasteiger partial charge in [-0.15, -0.1) is 0 Å². The third-order valence-electron chi connectivity index (χ3n) is 4.74. The fourth-order valence-electron chi connectivity index (χ4n) is 3.30. The molecule has 3 aromatic carbocycles. The van der Waals surface area contributed by atoms with Gasteiger partial charge in [-0.25, -0.2) is 8.42 Å². The zero-order chi connectivity index (χ0) is 20.9. The predicted molar refractivity (Wildman–Crippen MR) is 118 cm³/mol. The molecule has 152 valence electrons. The number of anilines is 1. The average molecular weight is 411 g/mol. The van der Waals surface area contributed by atoms with E-state index in [9.17, 15) is 8.42 Å². The summed E-state index contributed by atoms with van der Waals surface area (Å²) in [7, 11) is -2.14. The standard InChI is InChI=1S/C23H26N2O3S/c1-28-22-11-10-20(19-8-3-9-21(25)14-19)15-23(22)29(26,27)16-18-6-2-5-17(13-18)7-4-12-24/h2-3,5-6,8-11,13-15H,4,7,12,16,24-25H2,1H3. The summed E-state index contributed by atoms with van der Waals surface area (Å²) in [6.07, 6.45) is 1.70. The molecule has 0 aliphatic heterocycles. The van der Waals surface area contributed by atoms with Gasteiger partial charge in [0, 0.05) is 5.69 Å². The molecule has 0 spiro atoms. The van der Waals surface area contributed by atoms with Crippen LogP contribution in [0, 0.1) is 0 Å². The second kappa shape index (κ2) is 9.11. The number of rotatable bonds is 8. The first-order valence-electron chi connectivity index (χ1n) is 9.47. The first kappa shape index (κ1) is 20.9. The molecular weight excluding hydrogens is 384 g/mol. The predicted octanol–water partition coefficient (Wildman–Crippen LogP) is 3.81. The number of benzene rings is 3. The Morgan fingerprint density at radius 3 is 2.34 bits per heavy atom. The number of methoxy groups -OCH3 is 1. The second-order valence-corrected chi connectivity index (χ2v) is 8.92. The van der Waals surface area contributed by atoms with Gasteiger partial charge in [0.05, 0.1) is 12.9 Å². The first-order chi connectivity index (χ1) is 13.9. The van der Waals surface area contributed by atoms with E-state index in [4.69, 9.17) is 16.2 Å². The Balaban J connectivity index is 1.96. The van der Waals surface area contributed by atoms with E-state index in [0.29, 0.717) is 18.0 Å². The highest BCUT2D eigenvalue weighted by Gasteiger charge is 2.21. The molecule has 0 atom stereocenters. The highest BCUT2D eigenvalue weighted by Crippen LogP contribution is 2.32. The highest BCUT2D eigenvalue weighted by molar-refractivity contribution is 7.90. The Bertz CT molecular complexity index is 1090. The van der Waals surface area contributed by atoms with E-state index in [1.54, 1.807) is 18.2 Å². The molecule has 29 heavy (non-hydrogen) atoms. The summed E-state index contributed by atoms with van der Waals surface area (Å²) < 4.78 is 31.8. The van der Waals surface area contributed by atoms with Crippen molar-refractivity contribution < 1.29 is 13.2 Å². The molecule has 3 rings (SSSR count). The molecule has 0 saturated heterocycles. The topological polar surface area (TPSA) is 95.4 Å². The lowest BCUT2D eigenvalue weighted by Crippen LogP contribution is -2.08. The molecule has 0 aliphatic carbocycles. The van der Waals surface area contributed by atoms with Crippen molar-refractivity contribution in [3.63, 3.8) is 0 Å². The molecule has 0 aliphatic rings. The molecule has 0 aromatic heterocycles. The summed E-state index contributed by atoms with van der Waals surface area (Å²) in [5.74, 6) is 0.233. The molecule has 0 radical (unpaired) electrons. The van der Waals surface area contributed by atoms with Gasteiger partial charge in [-0.2, -0.15) is 0 Å². The van der Waals surface area contributed by atoms with Crippen molar-refractivity contribution in [3.05, 3.63) is 77.9 Å². The number of sulfone groups is 1. The molecule has 0 fully saturated rings. The monoisotopic (exact) mass is 410 g/mol. The number of nitrogen functional groups attached to an aromatic ring is 1. The van der Waals surface area contributed by atoms with Gasteiger partial charge in [-0.3, -0.25) is 0 Å². The normalized spacial score (nSPS) is 11.4. The Labute approximate surface area is 172 Å². The average Bonchev–Trinajstić information content (AvgIpc) is 2.71. The van der Waals surface area contributed by atoms with Crippen molar-refractivity contribution >= 4 is 15.5 Å². The molecule has 0 saturated carbocycles. The van der Waals surface area contributed by atoms with Crippen LogP contribution in [0.3, 0.4) is 0 Å².